The Balaban J connectivity index is 3.36. The van der Waals surface area contributed by atoms with E-state index in [0.29, 0.717) is 12.5 Å². The summed E-state index contributed by atoms with van der Waals surface area (Å²) >= 11 is 0. The van der Waals surface area contributed by atoms with Crippen LogP contribution < -0.4 is 5.73 Å². The molecule has 0 aliphatic heterocycles. The van der Waals surface area contributed by atoms with Crippen molar-refractivity contribution in [1.29, 1.82) is 0 Å². The summed E-state index contributed by atoms with van der Waals surface area (Å²) in [6.45, 7) is 6.79. The third-order valence-corrected chi connectivity index (χ3v) is 1.63. The quantitative estimate of drug-likeness (QED) is 0.626. The molecule has 74 valence electrons. The first-order chi connectivity index (χ1) is 5.56. The lowest BCUT2D eigenvalue weighted by atomic mass is 10.1. The molecule has 0 spiro atoms. The third-order valence-electron chi connectivity index (χ3n) is 1.63. The summed E-state index contributed by atoms with van der Waals surface area (Å²) in [6, 6.07) is -0.236. The van der Waals surface area contributed by atoms with Crippen molar-refractivity contribution in [2.75, 3.05) is 13.2 Å². The molecule has 0 aromatic heterocycles. The zero-order valence-corrected chi connectivity index (χ0v) is 8.29. The standard InChI is InChI=1S/C9H21NO2/c1-7(2)4-8(3)12-6-9(10)5-11/h7-9,11H,4-6,10H2,1-3H3. The first-order valence-electron chi connectivity index (χ1n) is 4.54. The molecular formula is C9H21NO2. The van der Waals surface area contributed by atoms with Gasteiger partial charge in [-0.05, 0) is 19.3 Å². The summed E-state index contributed by atoms with van der Waals surface area (Å²) in [5, 5.41) is 8.62. The van der Waals surface area contributed by atoms with Crippen molar-refractivity contribution in [3.8, 4) is 0 Å². The van der Waals surface area contributed by atoms with Crippen LogP contribution in [0.1, 0.15) is 27.2 Å². The van der Waals surface area contributed by atoms with Crippen LogP contribution in [0.25, 0.3) is 0 Å². The van der Waals surface area contributed by atoms with Gasteiger partial charge in [0.2, 0.25) is 0 Å². The minimum atomic E-state index is -0.236. The van der Waals surface area contributed by atoms with E-state index >= 15 is 0 Å². The van der Waals surface area contributed by atoms with Gasteiger partial charge in [0.05, 0.1) is 25.4 Å². The second-order valence-corrected chi connectivity index (χ2v) is 3.72. The van der Waals surface area contributed by atoms with Crippen LogP contribution in [0, 0.1) is 5.92 Å². The predicted molar refractivity (Wildman–Crippen MR) is 49.9 cm³/mol. The van der Waals surface area contributed by atoms with Gasteiger partial charge < -0.3 is 15.6 Å². The van der Waals surface area contributed by atoms with E-state index in [9.17, 15) is 0 Å². The van der Waals surface area contributed by atoms with Gasteiger partial charge >= 0.3 is 0 Å². The van der Waals surface area contributed by atoms with Crippen LogP contribution in [0.15, 0.2) is 0 Å². The maximum Gasteiger partial charge on any atom is 0.0643 e. The number of aliphatic hydroxyl groups excluding tert-OH is 1. The van der Waals surface area contributed by atoms with Gasteiger partial charge in [0.1, 0.15) is 0 Å². The van der Waals surface area contributed by atoms with Crippen molar-refractivity contribution < 1.29 is 9.84 Å². The molecule has 3 nitrogen and oxygen atoms in total. The predicted octanol–water partition coefficient (Wildman–Crippen LogP) is 0.757. The van der Waals surface area contributed by atoms with Crippen LogP contribution in [0.3, 0.4) is 0 Å². The summed E-state index contributed by atoms with van der Waals surface area (Å²) in [5.74, 6) is 0.644. The zero-order valence-electron chi connectivity index (χ0n) is 8.29. The molecule has 0 saturated carbocycles. The van der Waals surface area contributed by atoms with Crippen molar-refractivity contribution in [3.05, 3.63) is 0 Å². The molecule has 0 aromatic carbocycles. The first kappa shape index (κ1) is 11.9. The second-order valence-electron chi connectivity index (χ2n) is 3.72. The lowest BCUT2D eigenvalue weighted by Gasteiger charge is -2.17. The van der Waals surface area contributed by atoms with Crippen molar-refractivity contribution in [1.82, 2.24) is 0 Å². The van der Waals surface area contributed by atoms with Crippen LogP contribution >= 0.6 is 0 Å². The Morgan fingerprint density at radius 1 is 1.33 bits per heavy atom. The van der Waals surface area contributed by atoms with Gasteiger partial charge in [-0.15, -0.1) is 0 Å². The van der Waals surface area contributed by atoms with E-state index in [-0.39, 0.29) is 18.8 Å². The van der Waals surface area contributed by atoms with Crippen LogP contribution in [0.5, 0.6) is 0 Å². The molecule has 0 rings (SSSR count). The lowest BCUT2D eigenvalue weighted by molar-refractivity contribution is 0.0339. The Labute approximate surface area is 74.9 Å². The molecule has 0 bridgehead atoms. The average molecular weight is 175 g/mol. The summed E-state index contributed by atoms with van der Waals surface area (Å²) in [4.78, 5) is 0. The van der Waals surface area contributed by atoms with Gasteiger partial charge in [-0.25, -0.2) is 0 Å². The van der Waals surface area contributed by atoms with Crippen molar-refractivity contribution in [3.63, 3.8) is 0 Å². The minimum absolute atomic E-state index is 0.00556. The van der Waals surface area contributed by atoms with Gasteiger partial charge in [0, 0.05) is 0 Å². The molecule has 12 heavy (non-hydrogen) atoms. The molecular weight excluding hydrogens is 154 g/mol. The number of hydrogen-bond acceptors (Lipinski definition) is 3. The molecule has 3 N–H and O–H groups in total. The molecule has 0 saturated heterocycles. The first-order valence-corrected chi connectivity index (χ1v) is 4.54. The van der Waals surface area contributed by atoms with Gasteiger partial charge in [-0.2, -0.15) is 0 Å². The number of hydrogen-bond donors (Lipinski definition) is 2. The highest BCUT2D eigenvalue weighted by Crippen LogP contribution is 2.07. The molecule has 0 aliphatic rings. The molecule has 0 amide bonds. The molecule has 2 unspecified atom stereocenters. The smallest absolute Gasteiger partial charge is 0.0643 e. The molecule has 3 heteroatoms. The Morgan fingerprint density at radius 2 is 1.92 bits per heavy atom. The van der Waals surface area contributed by atoms with Gasteiger partial charge in [-0.1, -0.05) is 13.8 Å². The van der Waals surface area contributed by atoms with E-state index in [1.807, 2.05) is 6.92 Å². The molecule has 0 aromatic rings. The van der Waals surface area contributed by atoms with E-state index in [4.69, 9.17) is 15.6 Å². The summed E-state index contributed by atoms with van der Waals surface area (Å²) < 4.78 is 5.42. The van der Waals surface area contributed by atoms with Crippen molar-refractivity contribution in [2.45, 2.75) is 39.3 Å². The SMILES string of the molecule is CC(C)CC(C)OCC(N)CO. The highest BCUT2D eigenvalue weighted by Gasteiger charge is 2.07. The number of ether oxygens (including phenoxy) is 1. The fourth-order valence-electron chi connectivity index (χ4n) is 1.07. The summed E-state index contributed by atoms with van der Waals surface area (Å²) in [6.07, 6.45) is 1.28. The highest BCUT2D eigenvalue weighted by atomic mass is 16.5. The van der Waals surface area contributed by atoms with Crippen LogP contribution in [0.2, 0.25) is 0 Å². The topological polar surface area (TPSA) is 55.5 Å². The Bertz CT molecular complexity index is 107. The van der Waals surface area contributed by atoms with Crippen LogP contribution in [0.4, 0.5) is 0 Å². The largest absolute Gasteiger partial charge is 0.395 e. The molecule has 0 aliphatic carbocycles. The molecule has 0 radical (unpaired) electrons. The number of aliphatic hydroxyl groups is 1. The van der Waals surface area contributed by atoms with E-state index in [0.717, 1.165) is 6.42 Å². The number of rotatable bonds is 6. The molecule has 0 fully saturated rings. The molecule has 2 atom stereocenters. The summed E-state index contributed by atoms with van der Waals surface area (Å²) in [7, 11) is 0. The van der Waals surface area contributed by atoms with Gasteiger partial charge in [-0.3, -0.25) is 0 Å². The highest BCUT2D eigenvalue weighted by molar-refractivity contribution is 4.59. The zero-order chi connectivity index (χ0) is 9.56. The fraction of sp³-hybridized carbons (Fsp3) is 1.00. The average Bonchev–Trinajstić information content (AvgIpc) is 1.99. The molecule has 0 heterocycles. The Morgan fingerprint density at radius 3 is 2.33 bits per heavy atom. The minimum Gasteiger partial charge on any atom is -0.395 e. The van der Waals surface area contributed by atoms with Crippen LogP contribution in [-0.4, -0.2) is 30.5 Å². The fourth-order valence-corrected chi connectivity index (χ4v) is 1.07. The van der Waals surface area contributed by atoms with Crippen molar-refractivity contribution in [2.24, 2.45) is 11.7 Å². The van der Waals surface area contributed by atoms with E-state index in [1.54, 1.807) is 0 Å². The van der Waals surface area contributed by atoms with E-state index < -0.39 is 0 Å². The second kappa shape index (κ2) is 6.40. The third kappa shape index (κ3) is 6.58. The normalized spacial score (nSPS) is 16.5. The van der Waals surface area contributed by atoms with Crippen molar-refractivity contribution >= 4 is 0 Å². The Hall–Kier alpha value is -0.120. The van der Waals surface area contributed by atoms with Gasteiger partial charge in [0.25, 0.3) is 0 Å². The van der Waals surface area contributed by atoms with E-state index in [1.165, 1.54) is 0 Å². The van der Waals surface area contributed by atoms with Gasteiger partial charge in [0.15, 0.2) is 0 Å². The lowest BCUT2D eigenvalue weighted by Crippen LogP contribution is -2.31. The van der Waals surface area contributed by atoms with Crippen LogP contribution in [-0.2, 0) is 4.74 Å². The number of nitrogens with two attached hydrogens (primary N) is 1. The maximum absolute atomic E-state index is 8.62. The summed E-state index contributed by atoms with van der Waals surface area (Å²) in [5.41, 5.74) is 5.48. The maximum atomic E-state index is 8.62. The Kier molecular flexibility index (Phi) is 6.34. The monoisotopic (exact) mass is 175 g/mol. The van der Waals surface area contributed by atoms with E-state index in [2.05, 4.69) is 13.8 Å².